The fourth-order valence-corrected chi connectivity index (χ4v) is 4.39. The number of aromatic nitrogens is 5. The van der Waals surface area contributed by atoms with Crippen molar-refractivity contribution >= 4 is 0 Å². The molecule has 0 saturated carbocycles. The number of rotatable bonds is 6. The third-order valence-corrected chi connectivity index (χ3v) is 6.15. The Morgan fingerprint density at radius 1 is 0.900 bits per heavy atom. The molecule has 0 spiro atoms. The van der Waals surface area contributed by atoms with Crippen LogP contribution >= 0.6 is 0 Å². The van der Waals surface area contributed by atoms with Crippen LogP contribution in [0.15, 0.2) is 47.7 Å². The number of piperazine rings is 1. The van der Waals surface area contributed by atoms with Gasteiger partial charge < -0.3 is 0 Å². The van der Waals surface area contributed by atoms with Gasteiger partial charge in [0.15, 0.2) is 0 Å². The zero-order valence-electron chi connectivity index (χ0n) is 17.2. The second-order valence-electron chi connectivity index (χ2n) is 8.08. The van der Waals surface area contributed by atoms with Gasteiger partial charge in [-0.05, 0) is 31.0 Å². The second kappa shape index (κ2) is 8.49. The van der Waals surface area contributed by atoms with Gasteiger partial charge in [-0.1, -0.05) is 0 Å². The van der Waals surface area contributed by atoms with Gasteiger partial charge in [0, 0.05) is 81.1 Å². The summed E-state index contributed by atoms with van der Waals surface area (Å²) < 4.78 is 3.74. The highest BCUT2D eigenvalue weighted by molar-refractivity contribution is 5.56. The van der Waals surface area contributed by atoms with E-state index in [9.17, 15) is 4.79 Å². The Balaban J connectivity index is 1.15. The summed E-state index contributed by atoms with van der Waals surface area (Å²) in [6, 6.07) is 7.20. The number of aryl methyl sites for hydroxylation is 1. The van der Waals surface area contributed by atoms with Crippen molar-refractivity contribution in [3.05, 3.63) is 64.5 Å². The van der Waals surface area contributed by atoms with Gasteiger partial charge >= 0.3 is 0 Å². The summed E-state index contributed by atoms with van der Waals surface area (Å²) in [7, 11) is 0. The fourth-order valence-electron chi connectivity index (χ4n) is 4.39. The van der Waals surface area contributed by atoms with Crippen molar-refractivity contribution in [2.45, 2.75) is 32.5 Å². The van der Waals surface area contributed by atoms with Crippen LogP contribution in [0.2, 0.25) is 0 Å². The van der Waals surface area contributed by atoms with Crippen molar-refractivity contribution in [3.8, 4) is 11.3 Å². The molecule has 5 rings (SSSR count). The smallest absolute Gasteiger partial charge is 0.266 e. The van der Waals surface area contributed by atoms with Gasteiger partial charge in [0.1, 0.15) is 0 Å². The van der Waals surface area contributed by atoms with E-state index in [1.165, 1.54) is 17.7 Å². The molecule has 0 N–H and O–H groups in total. The third-order valence-electron chi connectivity index (χ3n) is 6.15. The predicted molar refractivity (Wildman–Crippen MR) is 114 cm³/mol. The average molecular weight is 406 g/mol. The number of pyridine rings is 1. The zero-order valence-corrected chi connectivity index (χ0v) is 17.2. The van der Waals surface area contributed by atoms with Gasteiger partial charge in [0.05, 0.1) is 18.4 Å². The summed E-state index contributed by atoms with van der Waals surface area (Å²) in [6.45, 7) is 7.63. The lowest BCUT2D eigenvalue weighted by Crippen LogP contribution is -2.47. The number of fused-ring (bicyclic) bond motifs is 1. The molecule has 8 heteroatoms. The molecule has 30 heavy (non-hydrogen) atoms. The van der Waals surface area contributed by atoms with E-state index in [4.69, 9.17) is 0 Å². The predicted octanol–water partition coefficient (Wildman–Crippen LogP) is 1.27. The zero-order chi connectivity index (χ0) is 20.3. The lowest BCUT2D eigenvalue weighted by Gasteiger charge is -2.34. The summed E-state index contributed by atoms with van der Waals surface area (Å²) in [4.78, 5) is 21.2. The Labute approximate surface area is 175 Å². The van der Waals surface area contributed by atoms with Crippen LogP contribution in [0.4, 0.5) is 0 Å². The molecule has 1 saturated heterocycles. The van der Waals surface area contributed by atoms with E-state index in [2.05, 4.69) is 35.9 Å². The highest BCUT2D eigenvalue weighted by Gasteiger charge is 2.21. The lowest BCUT2D eigenvalue weighted by atomic mass is 10.1. The SMILES string of the molecule is O=c1ccc(-c2ccncc2)nn1CCN1CCN(Cc2cnn3c2CCC3)CC1. The maximum absolute atomic E-state index is 12.3. The van der Waals surface area contributed by atoms with E-state index >= 15 is 0 Å². The Hall–Kier alpha value is -2.84. The molecule has 156 valence electrons. The molecule has 0 radical (unpaired) electrons. The molecule has 8 nitrogen and oxygen atoms in total. The Morgan fingerprint density at radius 2 is 1.70 bits per heavy atom. The van der Waals surface area contributed by atoms with Crippen LogP contribution in [0.3, 0.4) is 0 Å². The van der Waals surface area contributed by atoms with Gasteiger partial charge in [0.25, 0.3) is 5.56 Å². The molecular formula is C22H27N7O. The maximum Gasteiger partial charge on any atom is 0.266 e. The molecule has 5 heterocycles. The normalized spacial score (nSPS) is 17.3. The average Bonchev–Trinajstić information content (AvgIpc) is 3.40. The molecule has 0 aromatic carbocycles. The largest absolute Gasteiger partial charge is 0.299 e. The summed E-state index contributed by atoms with van der Waals surface area (Å²) in [6.07, 6.45) is 7.92. The van der Waals surface area contributed by atoms with Gasteiger partial charge in [0.2, 0.25) is 0 Å². The quantitative estimate of drug-likeness (QED) is 0.615. The highest BCUT2D eigenvalue weighted by Crippen LogP contribution is 2.20. The molecule has 1 fully saturated rings. The Kier molecular flexibility index (Phi) is 5.42. The topological polar surface area (TPSA) is 72.1 Å². The van der Waals surface area contributed by atoms with Crippen LogP contribution in [0.5, 0.6) is 0 Å². The molecule has 0 bridgehead atoms. The van der Waals surface area contributed by atoms with Gasteiger partial charge in [-0.15, -0.1) is 0 Å². The van der Waals surface area contributed by atoms with Crippen LogP contribution in [0.1, 0.15) is 17.7 Å². The van der Waals surface area contributed by atoms with E-state index in [1.54, 1.807) is 29.2 Å². The Bertz CT molecular complexity index is 1050. The van der Waals surface area contributed by atoms with Crippen molar-refractivity contribution in [1.29, 1.82) is 0 Å². The summed E-state index contributed by atoms with van der Waals surface area (Å²) >= 11 is 0. The summed E-state index contributed by atoms with van der Waals surface area (Å²) in [5.74, 6) is 0. The van der Waals surface area contributed by atoms with E-state index in [0.717, 1.165) is 63.5 Å². The Morgan fingerprint density at radius 3 is 2.53 bits per heavy atom. The molecule has 2 aliphatic heterocycles. The standard InChI is InChI=1S/C22H27N7O/c30-22-4-3-20(18-5-7-23-8-6-18)25-29(22)15-14-26-10-12-27(13-11-26)17-19-16-24-28-9-1-2-21(19)28/h3-8,16H,1-2,9-15,17H2. The highest BCUT2D eigenvalue weighted by atomic mass is 16.1. The van der Waals surface area contributed by atoms with Gasteiger partial charge in [-0.25, -0.2) is 4.68 Å². The van der Waals surface area contributed by atoms with E-state index in [1.807, 2.05) is 12.1 Å². The first-order valence-corrected chi connectivity index (χ1v) is 10.7. The molecule has 0 amide bonds. The maximum atomic E-state index is 12.3. The van der Waals surface area contributed by atoms with Crippen LogP contribution < -0.4 is 5.56 Å². The first-order chi connectivity index (χ1) is 14.8. The third kappa shape index (κ3) is 4.06. The lowest BCUT2D eigenvalue weighted by molar-refractivity contribution is 0.122. The van der Waals surface area contributed by atoms with E-state index < -0.39 is 0 Å². The number of nitrogens with zero attached hydrogens (tertiary/aromatic N) is 7. The monoisotopic (exact) mass is 405 g/mol. The molecule has 0 atom stereocenters. The van der Waals surface area contributed by atoms with Gasteiger partial charge in [-0.3, -0.25) is 24.3 Å². The van der Waals surface area contributed by atoms with E-state index in [0.29, 0.717) is 6.54 Å². The first-order valence-electron chi connectivity index (χ1n) is 10.7. The minimum absolute atomic E-state index is 0.0542. The second-order valence-corrected chi connectivity index (χ2v) is 8.08. The van der Waals surface area contributed by atoms with Crippen LogP contribution in [-0.2, 0) is 26.1 Å². The number of hydrogen-bond donors (Lipinski definition) is 0. The van der Waals surface area contributed by atoms with E-state index in [-0.39, 0.29) is 5.56 Å². The van der Waals surface area contributed by atoms with Crippen molar-refractivity contribution in [2.24, 2.45) is 0 Å². The van der Waals surface area contributed by atoms with Crippen molar-refractivity contribution in [1.82, 2.24) is 34.3 Å². The first kappa shape index (κ1) is 19.1. The molecule has 3 aromatic rings. The van der Waals surface area contributed by atoms with Crippen LogP contribution in [0, 0.1) is 0 Å². The molecule has 3 aromatic heterocycles. The number of hydrogen-bond acceptors (Lipinski definition) is 6. The molecular weight excluding hydrogens is 378 g/mol. The molecule has 0 aliphatic carbocycles. The minimum Gasteiger partial charge on any atom is -0.299 e. The minimum atomic E-state index is -0.0542. The van der Waals surface area contributed by atoms with Gasteiger partial charge in [-0.2, -0.15) is 10.2 Å². The summed E-state index contributed by atoms with van der Waals surface area (Å²) in [5.41, 5.74) is 4.54. The van der Waals surface area contributed by atoms with Crippen molar-refractivity contribution < 1.29 is 0 Å². The van der Waals surface area contributed by atoms with Crippen LogP contribution in [0.25, 0.3) is 11.3 Å². The molecule has 2 aliphatic rings. The fraction of sp³-hybridized carbons (Fsp3) is 0.455. The van der Waals surface area contributed by atoms with Crippen molar-refractivity contribution in [3.63, 3.8) is 0 Å². The van der Waals surface area contributed by atoms with Crippen LogP contribution in [-0.4, -0.2) is 67.1 Å². The molecule has 0 unspecified atom stereocenters. The van der Waals surface area contributed by atoms with Crippen molar-refractivity contribution in [2.75, 3.05) is 32.7 Å². The summed E-state index contributed by atoms with van der Waals surface area (Å²) in [5, 5.41) is 9.07.